The van der Waals surface area contributed by atoms with E-state index in [0.29, 0.717) is 29.5 Å². The maximum Gasteiger partial charge on any atom is 0.161 e. The zero-order valence-corrected chi connectivity index (χ0v) is 10.6. The van der Waals surface area contributed by atoms with E-state index >= 15 is 0 Å². The second kappa shape index (κ2) is 3.26. The predicted molar refractivity (Wildman–Crippen MR) is 67.8 cm³/mol. The molecule has 2 fully saturated rings. The van der Waals surface area contributed by atoms with Gasteiger partial charge in [0, 0.05) is 5.92 Å². The van der Waals surface area contributed by atoms with E-state index in [9.17, 15) is 4.79 Å². The van der Waals surface area contributed by atoms with Crippen LogP contribution in [0.5, 0.6) is 0 Å². The Bertz CT molecular complexity index is 438. The van der Waals surface area contributed by atoms with Gasteiger partial charge in [0.05, 0.1) is 0 Å². The van der Waals surface area contributed by atoms with E-state index in [1.54, 1.807) is 0 Å². The molecule has 4 bridgehead atoms. The predicted octanol–water partition coefficient (Wildman–Crippen LogP) is 3.34. The number of Topliss-reactive ketones (excluding diaryl/α,β-unsaturated/α-hetero) is 1. The highest BCUT2D eigenvalue weighted by atomic mass is 35.5. The molecule has 0 aromatic heterocycles. The molecular formula is C15H17ClO. The van der Waals surface area contributed by atoms with Gasteiger partial charge in [0.2, 0.25) is 0 Å². The summed E-state index contributed by atoms with van der Waals surface area (Å²) >= 11 is 6.55. The molecule has 1 nitrogen and oxygen atoms in total. The standard InChI is InChI=1S/C15H17ClO/c16-15-7-5-11(6-8-15)12-9-1-3-10(4-2-9)13(12)14(15)17/h1,3,5,7,9-13H,2,4,6,8H2/t9-,10+,11+,12+,13+,15+/m1/s1. The molecule has 17 heavy (non-hydrogen) atoms. The van der Waals surface area contributed by atoms with Gasteiger partial charge in [-0.05, 0) is 49.4 Å². The highest BCUT2D eigenvalue weighted by Gasteiger charge is 2.55. The van der Waals surface area contributed by atoms with Crippen LogP contribution in [0.1, 0.15) is 25.7 Å². The van der Waals surface area contributed by atoms with Crippen molar-refractivity contribution in [3.63, 3.8) is 0 Å². The van der Waals surface area contributed by atoms with Crippen molar-refractivity contribution in [2.24, 2.45) is 29.6 Å². The number of allylic oxidation sites excluding steroid dienone is 4. The minimum Gasteiger partial charge on any atom is -0.297 e. The SMILES string of the molecule is O=C1[C@@H]2[C@@H]([C@@H]3C=C[C@H]2CC3)[C@H]2C=C[C@]1(Cl)CC2. The largest absolute Gasteiger partial charge is 0.297 e. The van der Waals surface area contributed by atoms with E-state index in [4.69, 9.17) is 11.6 Å². The van der Waals surface area contributed by atoms with Crippen molar-refractivity contribution in [1.29, 1.82) is 0 Å². The Kier molecular flexibility index (Phi) is 1.99. The molecule has 0 spiro atoms. The van der Waals surface area contributed by atoms with Crippen LogP contribution in [-0.2, 0) is 4.79 Å². The minimum atomic E-state index is -0.665. The minimum absolute atomic E-state index is 0.207. The van der Waals surface area contributed by atoms with E-state index in [0.717, 1.165) is 12.8 Å². The Hall–Kier alpha value is -0.560. The fraction of sp³-hybridized carbons (Fsp3) is 0.667. The van der Waals surface area contributed by atoms with E-state index in [-0.39, 0.29) is 5.92 Å². The number of carbonyl (C=O) groups is 1. The number of alkyl halides is 1. The van der Waals surface area contributed by atoms with E-state index in [1.165, 1.54) is 12.8 Å². The second-order valence-corrected chi connectivity index (χ2v) is 6.86. The third kappa shape index (κ3) is 1.24. The second-order valence-electron chi connectivity index (χ2n) is 6.18. The highest BCUT2D eigenvalue weighted by molar-refractivity contribution is 6.37. The summed E-state index contributed by atoms with van der Waals surface area (Å²) in [5.74, 6) is 2.76. The van der Waals surface area contributed by atoms with Crippen LogP contribution in [0.15, 0.2) is 24.3 Å². The molecule has 90 valence electrons. The average molecular weight is 249 g/mol. The van der Waals surface area contributed by atoms with E-state index < -0.39 is 4.87 Å². The van der Waals surface area contributed by atoms with Crippen LogP contribution in [0.3, 0.4) is 0 Å². The first-order valence-corrected chi connectivity index (χ1v) is 7.18. The Balaban J connectivity index is 1.86. The molecule has 0 radical (unpaired) electrons. The number of carbonyl (C=O) groups excluding carboxylic acids is 1. The summed E-state index contributed by atoms with van der Waals surface area (Å²) in [5.41, 5.74) is 0. The zero-order chi connectivity index (χ0) is 11.6. The van der Waals surface area contributed by atoms with E-state index in [2.05, 4.69) is 18.2 Å². The summed E-state index contributed by atoms with van der Waals surface area (Å²) in [5, 5.41) is 0. The lowest BCUT2D eigenvalue weighted by Gasteiger charge is -2.45. The lowest BCUT2D eigenvalue weighted by atomic mass is 9.58. The van der Waals surface area contributed by atoms with Crippen LogP contribution in [0.25, 0.3) is 0 Å². The fourth-order valence-electron chi connectivity index (χ4n) is 4.62. The summed E-state index contributed by atoms with van der Waals surface area (Å²) in [6.07, 6.45) is 13.3. The molecule has 0 amide bonds. The summed E-state index contributed by atoms with van der Waals surface area (Å²) in [6, 6.07) is 0. The van der Waals surface area contributed by atoms with Crippen LogP contribution < -0.4 is 0 Å². The van der Waals surface area contributed by atoms with Crippen molar-refractivity contribution in [3.05, 3.63) is 24.3 Å². The van der Waals surface area contributed by atoms with Crippen molar-refractivity contribution >= 4 is 17.4 Å². The Morgan fingerprint density at radius 3 is 2.41 bits per heavy atom. The van der Waals surface area contributed by atoms with Crippen LogP contribution >= 0.6 is 11.6 Å². The number of rotatable bonds is 0. The molecule has 0 saturated heterocycles. The average Bonchev–Trinajstić information content (AvgIpc) is 2.56. The molecule has 6 aliphatic rings. The van der Waals surface area contributed by atoms with Crippen molar-refractivity contribution in [3.8, 4) is 0 Å². The molecule has 0 aromatic carbocycles. The van der Waals surface area contributed by atoms with Gasteiger partial charge in [-0.25, -0.2) is 0 Å². The molecule has 6 rings (SSSR count). The molecule has 0 aromatic rings. The van der Waals surface area contributed by atoms with E-state index in [1.807, 2.05) is 6.08 Å². The molecule has 0 unspecified atom stereocenters. The monoisotopic (exact) mass is 248 g/mol. The van der Waals surface area contributed by atoms with Gasteiger partial charge in [0.1, 0.15) is 4.87 Å². The summed E-state index contributed by atoms with van der Waals surface area (Å²) < 4.78 is 0. The van der Waals surface area contributed by atoms with Crippen molar-refractivity contribution < 1.29 is 4.79 Å². The maximum absolute atomic E-state index is 12.7. The molecule has 0 N–H and O–H groups in total. The highest BCUT2D eigenvalue weighted by Crippen LogP contribution is 2.56. The third-order valence-corrected chi connectivity index (χ3v) is 5.97. The molecular weight excluding hydrogens is 232 g/mol. The first-order valence-electron chi connectivity index (χ1n) is 6.80. The molecule has 2 saturated carbocycles. The smallest absolute Gasteiger partial charge is 0.161 e. The number of halogens is 1. The van der Waals surface area contributed by atoms with Gasteiger partial charge in [0.15, 0.2) is 5.78 Å². The molecule has 0 aliphatic heterocycles. The van der Waals surface area contributed by atoms with Gasteiger partial charge in [-0.2, -0.15) is 0 Å². The van der Waals surface area contributed by atoms with Gasteiger partial charge >= 0.3 is 0 Å². The van der Waals surface area contributed by atoms with Gasteiger partial charge in [-0.3, -0.25) is 4.79 Å². The molecule has 2 heteroatoms. The topological polar surface area (TPSA) is 17.1 Å². The first kappa shape index (κ1) is 10.4. The lowest BCUT2D eigenvalue weighted by Crippen LogP contribution is -2.45. The molecule has 6 atom stereocenters. The summed E-state index contributed by atoms with van der Waals surface area (Å²) in [4.78, 5) is 12.1. The quantitative estimate of drug-likeness (QED) is 0.475. The Labute approximate surface area is 107 Å². The van der Waals surface area contributed by atoms with Gasteiger partial charge in [-0.15, -0.1) is 11.6 Å². The number of hydrogen-bond acceptors (Lipinski definition) is 1. The number of ketones is 1. The molecule has 6 aliphatic carbocycles. The van der Waals surface area contributed by atoms with Crippen molar-refractivity contribution in [2.75, 3.05) is 0 Å². The normalized spacial score (nSPS) is 54.9. The third-order valence-electron chi connectivity index (χ3n) is 5.47. The summed E-state index contributed by atoms with van der Waals surface area (Å²) in [6.45, 7) is 0. The van der Waals surface area contributed by atoms with Gasteiger partial charge in [0.25, 0.3) is 0 Å². The van der Waals surface area contributed by atoms with Crippen LogP contribution in [0.4, 0.5) is 0 Å². The van der Waals surface area contributed by atoms with Crippen molar-refractivity contribution in [1.82, 2.24) is 0 Å². The molecule has 0 heterocycles. The fourth-order valence-corrected chi connectivity index (χ4v) is 4.93. The van der Waals surface area contributed by atoms with Crippen molar-refractivity contribution in [2.45, 2.75) is 30.6 Å². The number of hydrogen-bond donors (Lipinski definition) is 0. The van der Waals surface area contributed by atoms with Crippen LogP contribution in [0, 0.1) is 29.6 Å². The van der Waals surface area contributed by atoms with Crippen LogP contribution in [-0.4, -0.2) is 10.7 Å². The van der Waals surface area contributed by atoms with Crippen LogP contribution in [0.2, 0.25) is 0 Å². The van der Waals surface area contributed by atoms with Gasteiger partial charge in [-0.1, -0.05) is 24.3 Å². The number of fused-ring (bicyclic) bond motifs is 2. The maximum atomic E-state index is 12.7. The zero-order valence-electron chi connectivity index (χ0n) is 9.81. The first-order chi connectivity index (χ1) is 8.19. The van der Waals surface area contributed by atoms with Gasteiger partial charge < -0.3 is 0 Å². The summed E-state index contributed by atoms with van der Waals surface area (Å²) in [7, 11) is 0. The Morgan fingerprint density at radius 1 is 1.06 bits per heavy atom. The Morgan fingerprint density at radius 2 is 1.76 bits per heavy atom. The lowest BCUT2D eigenvalue weighted by molar-refractivity contribution is -0.129.